The number of hydrogen-bond donors (Lipinski definition) is 0. The predicted molar refractivity (Wildman–Crippen MR) is 95.5 cm³/mol. The van der Waals surface area contributed by atoms with Crippen LogP contribution in [0.4, 0.5) is 14.6 Å². The van der Waals surface area contributed by atoms with E-state index in [2.05, 4.69) is 14.9 Å². The lowest BCUT2D eigenvalue weighted by molar-refractivity contribution is 0.0120. The molecule has 140 valence electrons. The van der Waals surface area contributed by atoms with E-state index in [1.54, 1.807) is 5.38 Å². The molecule has 6 nitrogen and oxygen atoms in total. The fourth-order valence-corrected chi connectivity index (χ4v) is 4.49. The molecule has 2 aliphatic heterocycles. The van der Waals surface area contributed by atoms with Crippen molar-refractivity contribution >= 4 is 44.9 Å². The van der Waals surface area contributed by atoms with Crippen LogP contribution in [0.15, 0.2) is 5.38 Å². The lowest BCUT2D eigenvalue weighted by Crippen LogP contribution is -2.44. The molecule has 10 heteroatoms. The molecule has 4 rings (SSSR count). The van der Waals surface area contributed by atoms with E-state index >= 15 is 0 Å². The van der Waals surface area contributed by atoms with E-state index in [1.165, 1.54) is 16.2 Å². The van der Waals surface area contributed by atoms with Crippen molar-refractivity contribution in [2.75, 3.05) is 37.7 Å². The number of nitrogens with zero attached hydrogens (tertiary/aromatic N) is 4. The Balaban J connectivity index is 1.73. The summed E-state index contributed by atoms with van der Waals surface area (Å²) in [5, 5.41) is 1.69. The quantitative estimate of drug-likeness (QED) is 0.722. The van der Waals surface area contributed by atoms with E-state index < -0.39 is 18.4 Å². The maximum absolute atomic E-state index is 13.5. The molecule has 0 aromatic carbocycles. The molecular formula is C16H17ClF2N4O2S. The molecule has 2 saturated heterocycles. The summed E-state index contributed by atoms with van der Waals surface area (Å²) < 4.78 is 33.1. The van der Waals surface area contributed by atoms with Crippen LogP contribution in [0.25, 0.3) is 10.2 Å². The number of hydrogen-bond acceptors (Lipinski definition) is 6. The van der Waals surface area contributed by atoms with Crippen molar-refractivity contribution in [2.24, 2.45) is 0 Å². The van der Waals surface area contributed by atoms with Crippen molar-refractivity contribution in [1.82, 2.24) is 14.9 Å². The highest BCUT2D eigenvalue weighted by Gasteiger charge is 2.41. The Labute approximate surface area is 157 Å². The zero-order valence-electron chi connectivity index (χ0n) is 14.0. The van der Waals surface area contributed by atoms with Crippen LogP contribution in [0.5, 0.6) is 0 Å². The first kappa shape index (κ1) is 17.8. The summed E-state index contributed by atoms with van der Waals surface area (Å²) in [6.45, 7) is 3.30. The van der Waals surface area contributed by atoms with Crippen molar-refractivity contribution in [2.45, 2.75) is 25.3 Å². The monoisotopic (exact) mass is 402 g/mol. The highest BCUT2D eigenvalue weighted by molar-refractivity contribution is 7.18. The first-order valence-electron chi connectivity index (χ1n) is 8.32. The topological polar surface area (TPSA) is 58.6 Å². The Morgan fingerprint density at radius 2 is 2.23 bits per heavy atom. The molecule has 26 heavy (non-hydrogen) atoms. The van der Waals surface area contributed by atoms with Gasteiger partial charge in [-0.1, -0.05) is 0 Å². The largest absolute Gasteiger partial charge is 0.377 e. The molecule has 4 heterocycles. The van der Waals surface area contributed by atoms with Crippen molar-refractivity contribution in [3.8, 4) is 0 Å². The van der Waals surface area contributed by atoms with Gasteiger partial charge < -0.3 is 14.5 Å². The Hall–Kier alpha value is -1.58. The van der Waals surface area contributed by atoms with Gasteiger partial charge in [0.1, 0.15) is 5.52 Å². The number of fused-ring (bicyclic) bond motifs is 1. The summed E-state index contributed by atoms with van der Waals surface area (Å²) in [5.41, 5.74) is 0.720. The maximum atomic E-state index is 13.5. The molecule has 2 aliphatic rings. The van der Waals surface area contributed by atoms with E-state index in [1.807, 2.05) is 6.92 Å². The van der Waals surface area contributed by atoms with Crippen molar-refractivity contribution < 1.29 is 18.3 Å². The average Bonchev–Trinajstić information content (AvgIpc) is 3.17. The van der Waals surface area contributed by atoms with Crippen LogP contribution in [-0.2, 0) is 4.74 Å². The van der Waals surface area contributed by atoms with E-state index in [0.29, 0.717) is 36.7 Å². The number of ether oxygens (including phenoxy) is 1. The van der Waals surface area contributed by atoms with Gasteiger partial charge in [0.05, 0.1) is 36.1 Å². The van der Waals surface area contributed by atoms with Crippen molar-refractivity contribution in [1.29, 1.82) is 0 Å². The fraction of sp³-hybridized carbons (Fsp3) is 0.562. The second-order valence-electron chi connectivity index (χ2n) is 6.59. The van der Waals surface area contributed by atoms with Crippen LogP contribution in [0.1, 0.15) is 23.7 Å². The Bertz CT molecular complexity index is 862. The van der Waals surface area contributed by atoms with Crippen LogP contribution in [0.3, 0.4) is 0 Å². The van der Waals surface area contributed by atoms with Gasteiger partial charge in [0.2, 0.25) is 5.28 Å². The molecule has 2 fully saturated rings. The molecule has 0 unspecified atom stereocenters. The Morgan fingerprint density at radius 1 is 1.42 bits per heavy atom. The minimum Gasteiger partial charge on any atom is -0.377 e. The molecule has 0 spiro atoms. The van der Waals surface area contributed by atoms with Crippen LogP contribution >= 0.6 is 22.9 Å². The number of amides is 1. The number of thiophene rings is 1. The molecule has 0 aliphatic carbocycles. The average molecular weight is 403 g/mol. The number of likely N-dealkylation sites (tertiary alicyclic amines) is 1. The molecule has 0 N–H and O–H groups in total. The number of carbonyl (C=O) groups excluding carboxylic acids is 1. The SMILES string of the molecule is C[C@@H]1COCCN1c1nc(Cl)nc2c(C(=O)N3CCC(F)(F)C3)csc12. The van der Waals surface area contributed by atoms with E-state index in [4.69, 9.17) is 16.3 Å². The summed E-state index contributed by atoms with van der Waals surface area (Å²) in [4.78, 5) is 24.6. The van der Waals surface area contributed by atoms with Gasteiger partial charge in [0.25, 0.3) is 11.8 Å². The van der Waals surface area contributed by atoms with Gasteiger partial charge in [-0.3, -0.25) is 4.79 Å². The number of anilines is 1. The smallest absolute Gasteiger partial charge is 0.267 e. The molecule has 0 saturated carbocycles. The van der Waals surface area contributed by atoms with E-state index in [-0.39, 0.29) is 24.3 Å². The van der Waals surface area contributed by atoms with Crippen LogP contribution in [0.2, 0.25) is 5.28 Å². The van der Waals surface area contributed by atoms with Gasteiger partial charge >= 0.3 is 0 Å². The molecule has 0 radical (unpaired) electrons. The van der Waals surface area contributed by atoms with Gasteiger partial charge in [-0.25, -0.2) is 13.8 Å². The summed E-state index contributed by atoms with van der Waals surface area (Å²) in [6.07, 6.45) is -0.312. The normalized spacial score (nSPS) is 23.0. The van der Waals surface area contributed by atoms with Gasteiger partial charge in [0.15, 0.2) is 5.82 Å². The first-order valence-corrected chi connectivity index (χ1v) is 9.58. The van der Waals surface area contributed by atoms with E-state index in [0.717, 1.165) is 4.70 Å². The fourth-order valence-electron chi connectivity index (χ4n) is 3.34. The molecule has 1 atom stereocenters. The van der Waals surface area contributed by atoms with Gasteiger partial charge in [-0.05, 0) is 18.5 Å². The highest BCUT2D eigenvalue weighted by atomic mass is 35.5. The molecule has 2 aromatic rings. The van der Waals surface area contributed by atoms with Crippen LogP contribution < -0.4 is 4.90 Å². The molecule has 0 bridgehead atoms. The third kappa shape index (κ3) is 3.12. The number of rotatable bonds is 2. The van der Waals surface area contributed by atoms with Crippen molar-refractivity contribution in [3.63, 3.8) is 0 Å². The summed E-state index contributed by atoms with van der Waals surface area (Å²) in [5.74, 6) is -2.61. The van der Waals surface area contributed by atoms with Crippen LogP contribution in [-0.4, -0.2) is 65.6 Å². The standard InChI is InChI=1S/C16H17ClF2N4O2S/c1-9-6-25-5-4-23(9)13-12-11(20-15(17)21-13)10(7-26-12)14(24)22-3-2-16(18,19)8-22/h7,9H,2-6,8H2,1H3/t9-/m1/s1. The Kier molecular flexibility index (Phi) is 4.48. The minimum absolute atomic E-state index is 0.0328. The molecular weight excluding hydrogens is 386 g/mol. The zero-order chi connectivity index (χ0) is 18.5. The van der Waals surface area contributed by atoms with Crippen LogP contribution in [0, 0.1) is 0 Å². The third-order valence-corrected chi connectivity index (χ3v) is 5.83. The summed E-state index contributed by atoms with van der Waals surface area (Å²) >= 11 is 7.44. The number of aromatic nitrogens is 2. The molecule has 1 amide bonds. The molecule has 2 aromatic heterocycles. The van der Waals surface area contributed by atoms with Gasteiger partial charge in [-0.15, -0.1) is 11.3 Å². The number of halogens is 3. The zero-order valence-corrected chi connectivity index (χ0v) is 15.6. The van der Waals surface area contributed by atoms with E-state index in [9.17, 15) is 13.6 Å². The predicted octanol–water partition coefficient (Wildman–Crippen LogP) is 3.05. The first-order chi connectivity index (χ1) is 12.4. The highest BCUT2D eigenvalue weighted by Crippen LogP contribution is 2.36. The van der Waals surface area contributed by atoms with Gasteiger partial charge in [0, 0.05) is 24.9 Å². The Morgan fingerprint density at radius 3 is 2.92 bits per heavy atom. The number of alkyl halides is 2. The third-order valence-electron chi connectivity index (χ3n) is 4.70. The maximum Gasteiger partial charge on any atom is 0.267 e. The summed E-state index contributed by atoms with van der Waals surface area (Å²) in [6, 6.07) is 0.108. The number of morpholine rings is 1. The van der Waals surface area contributed by atoms with Crippen molar-refractivity contribution in [3.05, 3.63) is 16.2 Å². The second-order valence-corrected chi connectivity index (χ2v) is 7.81. The summed E-state index contributed by atoms with van der Waals surface area (Å²) in [7, 11) is 0. The second kappa shape index (κ2) is 6.54. The lowest BCUT2D eigenvalue weighted by Gasteiger charge is -2.34. The minimum atomic E-state index is -2.83. The van der Waals surface area contributed by atoms with Gasteiger partial charge in [-0.2, -0.15) is 4.98 Å². The lowest BCUT2D eigenvalue weighted by atomic mass is 10.2. The number of carbonyl (C=O) groups is 1.